The van der Waals surface area contributed by atoms with Crippen molar-refractivity contribution in [2.75, 3.05) is 7.11 Å². The number of unbranched alkanes of at least 4 members (excludes halogenated alkanes) is 3. The number of hydrogen-bond donors (Lipinski definition) is 2. The predicted octanol–water partition coefficient (Wildman–Crippen LogP) is 4.74. The second-order valence-corrected chi connectivity index (χ2v) is 8.96. The third-order valence-electron chi connectivity index (χ3n) is 7.01. The largest absolute Gasteiger partial charge is 0.481 e. The molecule has 162 valence electrons. The van der Waals surface area contributed by atoms with Crippen molar-refractivity contribution in [2.24, 2.45) is 17.8 Å². The van der Waals surface area contributed by atoms with Gasteiger partial charge in [0.2, 0.25) is 0 Å². The number of ketones is 1. The molecular weight excluding hydrogens is 356 g/mol. The quantitative estimate of drug-likeness (QED) is 0.367. The van der Waals surface area contributed by atoms with Crippen LogP contribution in [0.3, 0.4) is 0 Å². The maximum atomic E-state index is 12.5. The molecule has 5 nitrogen and oxygen atoms in total. The molecule has 2 rings (SSSR count). The van der Waals surface area contributed by atoms with Crippen LogP contribution in [0.5, 0.6) is 0 Å². The molecule has 5 heteroatoms. The lowest BCUT2D eigenvalue weighted by Crippen LogP contribution is -2.26. The van der Waals surface area contributed by atoms with Gasteiger partial charge in [0.25, 0.3) is 0 Å². The van der Waals surface area contributed by atoms with Gasteiger partial charge in [-0.3, -0.25) is 9.59 Å². The summed E-state index contributed by atoms with van der Waals surface area (Å²) < 4.78 is 5.63. The third-order valence-corrected chi connectivity index (χ3v) is 7.01. The van der Waals surface area contributed by atoms with Gasteiger partial charge < -0.3 is 14.9 Å². The van der Waals surface area contributed by atoms with Gasteiger partial charge in [-0.1, -0.05) is 44.9 Å². The van der Waals surface area contributed by atoms with Crippen LogP contribution in [-0.4, -0.2) is 41.3 Å². The van der Waals surface area contributed by atoms with Crippen molar-refractivity contribution < 1.29 is 24.5 Å². The van der Waals surface area contributed by atoms with E-state index in [1.54, 1.807) is 7.11 Å². The highest BCUT2D eigenvalue weighted by atomic mass is 16.5. The van der Waals surface area contributed by atoms with Gasteiger partial charge in [0.15, 0.2) is 0 Å². The number of carbonyl (C=O) groups is 2. The lowest BCUT2D eigenvalue weighted by Gasteiger charge is -2.27. The molecule has 2 fully saturated rings. The summed E-state index contributed by atoms with van der Waals surface area (Å²) >= 11 is 0. The smallest absolute Gasteiger partial charge is 0.303 e. The van der Waals surface area contributed by atoms with E-state index in [9.17, 15) is 14.7 Å². The van der Waals surface area contributed by atoms with Gasteiger partial charge in [-0.05, 0) is 50.4 Å². The SMILES string of the molecule is CO[C@@H]1CC(=O)[C@H](CCCCCCC(=O)O)[C@H]1CCC(O)C1CCCCCC1. The molecule has 0 saturated heterocycles. The molecule has 2 aliphatic carbocycles. The van der Waals surface area contributed by atoms with Crippen molar-refractivity contribution >= 4 is 11.8 Å². The van der Waals surface area contributed by atoms with E-state index in [2.05, 4.69) is 0 Å². The Labute approximate surface area is 170 Å². The Bertz CT molecular complexity index is 470. The number of Topliss-reactive ketones (excluding diaryl/α,β-unsaturated/α-hetero) is 1. The Hall–Kier alpha value is -0.940. The molecule has 0 aliphatic heterocycles. The summed E-state index contributed by atoms with van der Waals surface area (Å²) in [5.41, 5.74) is 0. The van der Waals surface area contributed by atoms with Crippen LogP contribution in [0.25, 0.3) is 0 Å². The van der Waals surface area contributed by atoms with Gasteiger partial charge in [-0.25, -0.2) is 0 Å². The van der Waals surface area contributed by atoms with E-state index in [4.69, 9.17) is 9.84 Å². The number of carboxylic acid groups (broad SMARTS) is 1. The second-order valence-electron chi connectivity index (χ2n) is 8.96. The molecule has 0 spiro atoms. The molecule has 2 N–H and O–H groups in total. The molecule has 0 aromatic heterocycles. The first-order valence-corrected chi connectivity index (χ1v) is 11.5. The lowest BCUT2D eigenvalue weighted by molar-refractivity contribution is -0.137. The minimum atomic E-state index is -0.735. The fraction of sp³-hybridized carbons (Fsp3) is 0.913. The van der Waals surface area contributed by atoms with Crippen molar-refractivity contribution in [3.8, 4) is 0 Å². The highest BCUT2D eigenvalue weighted by Crippen LogP contribution is 2.39. The minimum absolute atomic E-state index is 0.00848. The minimum Gasteiger partial charge on any atom is -0.481 e. The summed E-state index contributed by atoms with van der Waals surface area (Å²) in [7, 11) is 1.70. The molecule has 1 unspecified atom stereocenters. The van der Waals surface area contributed by atoms with E-state index in [0.717, 1.165) is 51.4 Å². The molecule has 2 saturated carbocycles. The Balaban J connectivity index is 1.78. The van der Waals surface area contributed by atoms with Crippen molar-refractivity contribution in [1.29, 1.82) is 0 Å². The summed E-state index contributed by atoms with van der Waals surface area (Å²) in [4.78, 5) is 23.1. The number of ether oxygens (including phenoxy) is 1. The number of rotatable bonds is 12. The van der Waals surface area contributed by atoms with Crippen LogP contribution < -0.4 is 0 Å². The third kappa shape index (κ3) is 7.47. The topological polar surface area (TPSA) is 83.8 Å². The fourth-order valence-corrected chi connectivity index (χ4v) is 5.31. The van der Waals surface area contributed by atoms with Gasteiger partial charge in [-0.15, -0.1) is 0 Å². The molecule has 28 heavy (non-hydrogen) atoms. The predicted molar refractivity (Wildman–Crippen MR) is 109 cm³/mol. The van der Waals surface area contributed by atoms with Crippen LogP contribution in [0.2, 0.25) is 0 Å². The lowest BCUT2D eigenvalue weighted by atomic mass is 9.83. The Kier molecular flexibility index (Phi) is 10.5. The van der Waals surface area contributed by atoms with Crippen LogP contribution >= 0.6 is 0 Å². The standard InChI is InChI=1S/C23H40O5/c1-28-22-16-21(25)18(12-8-4-5-9-13-23(26)27)19(22)14-15-20(24)17-10-6-2-3-7-11-17/h17-20,22,24H,2-16H2,1H3,(H,26,27)/t18-,19-,20?,22-/m1/s1. The van der Waals surface area contributed by atoms with Crippen LogP contribution in [0.4, 0.5) is 0 Å². The molecule has 2 aliphatic rings. The number of aliphatic hydroxyl groups is 1. The molecular formula is C23H40O5. The van der Waals surface area contributed by atoms with Crippen LogP contribution in [-0.2, 0) is 14.3 Å². The van der Waals surface area contributed by atoms with Gasteiger partial charge in [0, 0.05) is 25.9 Å². The zero-order chi connectivity index (χ0) is 20.4. The monoisotopic (exact) mass is 396 g/mol. The first-order chi connectivity index (χ1) is 13.5. The van der Waals surface area contributed by atoms with Gasteiger partial charge in [-0.2, -0.15) is 0 Å². The fourth-order valence-electron chi connectivity index (χ4n) is 5.31. The summed E-state index contributed by atoms with van der Waals surface area (Å²) in [5, 5.41) is 19.4. The molecule has 0 aromatic rings. The number of aliphatic hydroxyl groups excluding tert-OH is 1. The Morgan fingerprint density at radius 1 is 1.07 bits per heavy atom. The van der Waals surface area contributed by atoms with E-state index < -0.39 is 5.97 Å². The Morgan fingerprint density at radius 3 is 2.39 bits per heavy atom. The van der Waals surface area contributed by atoms with Crippen LogP contribution in [0.1, 0.15) is 96.3 Å². The van der Waals surface area contributed by atoms with E-state index in [0.29, 0.717) is 24.5 Å². The summed E-state index contributed by atoms with van der Waals surface area (Å²) in [5.74, 6) is 0.267. The van der Waals surface area contributed by atoms with E-state index in [1.807, 2.05) is 0 Å². The van der Waals surface area contributed by atoms with Gasteiger partial charge in [0.1, 0.15) is 5.78 Å². The average Bonchev–Trinajstić information content (AvgIpc) is 2.84. The van der Waals surface area contributed by atoms with Crippen LogP contribution in [0.15, 0.2) is 0 Å². The number of carbonyl (C=O) groups excluding carboxylic acids is 1. The van der Waals surface area contributed by atoms with Crippen molar-refractivity contribution in [2.45, 2.75) is 109 Å². The molecule has 0 heterocycles. The van der Waals surface area contributed by atoms with Crippen molar-refractivity contribution in [3.05, 3.63) is 0 Å². The van der Waals surface area contributed by atoms with Gasteiger partial charge in [0.05, 0.1) is 12.2 Å². The highest BCUT2D eigenvalue weighted by Gasteiger charge is 2.42. The molecule has 4 atom stereocenters. The summed E-state index contributed by atoms with van der Waals surface area (Å²) in [6.45, 7) is 0. The first kappa shape index (κ1) is 23.3. The number of carboxylic acids is 1. The van der Waals surface area contributed by atoms with E-state index >= 15 is 0 Å². The zero-order valence-electron chi connectivity index (χ0n) is 17.6. The molecule has 0 bridgehead atoms. The summed E-state index contributed by atoms with van der Waals surface area (Å²) in [6.07, 6.45) is 13.9. The average molecular weight is 397 g/mol. The van der Waals surface area contributed by atoms with Crippen LogP contribution in [0, 0.1) is 17.8 Å². The molecule has 0 aromatic carbocycles. The van der Waals surface area contributed by atoms with E-state index in [-0.39, 0.29) is 30.5 Å². The van der Waals surface area contributed by atoms with Crippen molar-refractivity contribution in [1.82, 2.24) is 0 Å². The first-order valence-electron chi connectivity index (χ1n) is 11.5. The second kappa shape index (κ2) is 12.6. The maximum absolute atomic E-state index is 12.5. The molecule has 0 amide bonds. The highest BCUT2D eigenvalue weighted by molar-refractivity contribution is 5.84. The van der Waals surface area contributed by atoms with Crippen molar-refractivity contribution in [3.63, 3.8) is 0 Å². The van der Waals surface area contributed by atoms with Gasteiger partial charge >= 0.3 is 5.97 Å². The number of hydrogen-bond acceptors (Lipinski definition) is 4. The maximum Gasteiger partial charge on any atom is 0.303 e. The Morgan fingerprint density at radius 2 is 1.75 bits per heavy atom. The van der Waals surface area contributed by atoms with E-state index in [1.165, 1.54) is 25.7 Å². The number of aliphatic carboxylic acids is 1. The molecule has 0 radical (unpaired) electrons. The summed E-state index contributed by atoms with van der Waals surface area (Å²) in [6, 6.07) is 0. The zero-order valence-corrected chi connectivity index (χ0v) is 17.6. The normalized spacial score (nSPS) is 27.6. The number of methoxy groups -OCH3 is 1.